The third-order valence-electron chi connectivity index (χ3n) is 5.41. The highest BCUT2D eigenvalue weighted by Crippen LogP contribution is 2.34. The van der Waals surface area contributed by atoms with E-state index in [1.165, 1.54) is 25.1 Å². The summed E-state index contributed by atoms with van der Waals surface area (Å²) >= 11 is 0. The Labute approximate surface area is 157 Å². The maximum atomic E-state index is 13.8. The molecule has 1 aromatic carbocycles. The number of nitrogens with one attached hydrogen (secondary N) is 1. The number of hydrogen-bond donors (Lipinski definition) is 1. The Kier molecular flexibility index (Phi) is 5.10. The number of amides is 1. The first-order valence-electron chi connectivity index (χ1n) is 9.45. The smallest absolute Gasteiger partial charge is 0.228 e. The van der Waals surface area contributed by atoms with Crippen LogP contribution in [0.25, 0.3) is 10.9 Å². The van der Waals surface area contributed by atoms with Crippen molar-refractivity contribution in [3.05, 3.63) is 66.4 Å². The predicted octanol–water partition coefficient (Wildman–Crippen LogP) is 4.76. The van der Waals surface area contributed by atoms with Crippen LogP contribution < -0.4 is 5.32 Å². The number of pyridine rings is 2. The molecule has 1 atom stereocenters. The summed E-state index contributed by atoms with van der Waals surface area (Å²) in [6.45, 7) is 0. The zero-order valence-corrected chi connectivity index (χ0v) is 15.1. The molecule has 1 unspecified atom stereocenters. The number of carbonyl (C=O) groups excluding carboxylic acids is 1. The van der Waals surface area contributed by atoms with Crippen molar-refractivity contribution in [2.24, 2.45) is 11.8 Å². The van der Waals surface area contributed by atoms with Crippen LogP contribution >= 0.6 is 0 Å². The molecule has 2 aromatic heterocycles. The highest BCUT2D eigenvalue weighted by molar-refractivity contribution is 5.94. The van der Waals surface area contributed by atoms with Gasteiger partial charge in [0, 0.05) is 23.7 Å². The van der Waals surface area contributed by atoms with Gasteiger partial charge in [-0.05, 0) is 48.9 Å². The largest absolute Gasteiger partial charge is 0.324 e. The molecule has 1 N–H and O–H groups in total. The van der Waals surface area contributed by atoms with Crippen LogP contribution in [-0.2, 0) is 11.2 Å². The van der Waals surface area contributed by atoms with Gasteiger partial charge in [-0.3, -0.25) is 14.8 Å². The lowest BCUT2D eigenvalue weighted by molar-refractivity contribution is -0.121. The third kappa shape index (κ3) is 3.97. The van der Waals surface area contributed by atoms with E-state index >= 15 is 0 Å². The minimum Gasteiger partial charge on any atom is -0.324 e. The molecule has 3 aromatic rings. The van der Waals surface area contributed by atoms with Gasteiger partial charge in [-0.1, -0.05) is 31.0 Å². The number of hydrogen-bond acceptors (Lipinski definition) is 3. The zero-order chi connectivity index (χ0) is 18.6. The van der Waals surface area contributed by atoms with Crippen LogP contribution in [-0.4, -0.2) is 15.9 Å². The first-order chi connectivity index (χ1) is 13.2. The minimum absolute atomic E-state index is 0.00306. The summed E-state index contributed by atoms with van der Waals surface area (Å²) in [4.78, 5) is 21.4. The lowest BCUT2D eigenvalue weighted by atomic mass is 9.85. The second-order valence-electron chi connectivity index (χ2n) is 7.24. The van der Waals surface area contributed by atoms with E-state index in [0.717, 1.165) is 18.4 Å². The summed E-state index contributed by atoms with van der Waals surface area (Å²) in [6.07, 6.45) is 10.3. The van der Waals surface area contributed by atoms with E-state index in [9.17, 15) is 9.18 Å². The molecule has 5 heteroatoms. The molecule has 27 heavy (non-hydrogen) atoms. The summed E-state index contributed by atoms with van der Waals surface area (Å²) in [5.41, 5.74) is 1.99. The molecule has 0 aliphatic heterocycles. The number of benzene rings is 1. The van der Waals surface area contributed by atoms with Crippen molar-refractivity contribution < 1.29 is 9.18 Å². The number of aromatic nitrogens is 2. The predicted molar refractivity (Wildman–Crippen MR) is 104 cm³/mol. The number of fused-ring (bicyclic) bond motifs is 1. The Hall–Kier alpha value is -2.82. The molecule has 0 spiro atoms. The quantitative estimate of drug-likeness (QED) is 0.711. The molecular formula is C22H22FN3O. The lowest BCUT2D eigenvalue weighted by Gasteiger charge is -2.23. The second kappa shape index (κ2) is 7.82. The van der Waals surface area contributed by atoms with Crippen molar-refractivity contribution in [2.75, 3.05) is 5.32 Å². The summed E-state index contributed by atoms with van der Waals surface area (Å²) in [6, 6.07) is 10.5. The van der Waals surface area contributed by atoms with Crippen LogP contribution in [0.2, 0.25) is 0 Å². The number of anilines is 1. The van der Waals surface area contributed by atoms with E-state index in [2.05, 4.69) is 15.3 Å². The minimum atomic E-state index is -0.356. The molecule has 1 aliphatic carbocycles. The van der Waals surface area contributed by atoms with E-state index < -0.39 is 0 Å². The molecule has 0 saturated heterocycles. The van der Waals surface area contributed by atoms with Crippen LogP contribution in [0.4, 0.5) is 10.1 Å². The molecule has 1 fully saturated rings. The average Bonchev–Trinajstić information content (AvgIpc) is 3.21. The van der Waals surface area contributed by atoms with Crippen molar-refractivity contribution in [3.63, 3.8) is 0 Å². The van der Waals surface area contributed by atoms with E-state index in [1.54, 1.807) is 24.4 Å². The summed E-state index contributed by atoms with van der Waals surface area (Å²) in [7, 11) is 0. The van der Waals surface area contributed by atoms with Crippen molar-refractivity contribution in [2.45, 2.75) is 32.1 Å². The normalized spacial score (nSPS) is 15.7. The number of rotatable bonds is 5. The van der Waals surface area contributed by atoms with Gasteiger partial charge in [0.15, 0.2) is 0 Å². The first kappa shape index (κ1) is 17.6. The van der Waals surface area contributed by atoms with Crippen molar-refractivity contribution in [1.82, 2.24) is 9.97 Å². The number of nitrogens with zero attached hydrogens (tertiary/aromatic N) is 2. The van der Waals surface area contributed by atoms with Crippen LogP contribution in [0.5, 0.6) is 0 Å². The average molecular weight is 363 g/mol. The van der Waals surface area contributed by atoms with E-state index in [0.29, 0.717) is 28.9 Å². The topological polar surface area (TPSA) is 54.9 Å². The zero-order valence-electron chi connectivity index (χ0n) is 15.1. The van der Waals surface area contributed by atoms with Crippen LogP contribution in [0.1, 0.15) is 31.2 Å². The number of halogens is 1. The Morgan fingerprint density at radius 3 is 2.81 bits per heavy atom. The molecule has 1 amide bonds. The standard InChI is InChI=1S/C22H22FN3O/c23-20-9-3-8-17-12-18(14-25-21(17)20)26-22(27)19(16-6-1-2-7-16)11-15-5-4-10-24-13-15/h3-5,8-10,12-14,16,19H,1-2,6-7,11H2,(H,26,27). The molecule has 4 nitrogen and oxygen atoms in total. The Bertz CT molecular complexity index is 939. The fourth-order valence-corrected chi connectivity index (χ4v) is 4.03. The van der Waals surface area contributed by atoms with E-state index in [-0.39, 0.29) is 17.6 Å². The number of para-hydroxylation sites is 1. The molecule has 0 radical (unpaired) electrons. The van der Waals surface area contributed by atoms with E-state index in [4.69, 9.17) is 0 Å². The maximum absolute atomic E-state index is 13.8. The molecule has 4 rings (SSSR count). The van der Waals surface area contributed by atoms with Gasteiger partial charge in [-0.2, -0.15) is 0 Å². The summed E-state index contributed by atoms with van der Waals surface area (Å²) in [5.74, 6) is -0.0648. The summed E-state index contributed by atoms with van der Waals surface area (Å²) < 4.78 is 13.8. The van der Waals surface area contributed by atoms with Crippen molar-refractivity contribution in [1.29, 1.82) is 0 Å². The second-order valence-corrected chi connectivity index (χ2v) is 7.24. The van der Waals surface area contributed by atoms with Gasteiger partial charge in [0.25, 0.3) is 0 Å². The third-order valence-corrected chi connectivity index (χ3v) is 5.41. The molecule has 2 heterocycles. The highest BCUT2D eigenvalue weighted by Gasteiger charge is 2.31. The SMILES string of the molecule is O=C(Nc1cnc2c(F)cccc2c1)C(Cc1cccnc1)C1CCCC1. The van der Waals surface area contributed by atoms with Crippen LogP contribution in [0.15, 0.2) is 55.0 Å². The van der Waals surface area contributed by atoms with Gasteiger partial charge in [-0.15, -0.1) is 0 Å². The van der Waals surface area contributed by atoms with Crippen LogP contribution in [0.3, 0.4) is 0 Å². The van der Waals surface area contributed by atoms with Gasteiger partial charge >= 0.3 is 0 Å². The first-order valence-corrected chi connectivity index (χ1v) is 9.45. The lowest BCUT2D eigenvalue weighted by Crippen LogP contribution is -2.30. The van der Waals surface area contributed by atoms with Gasteiger partial charge in [0.05, 0.1) is 11.9 Å². The highest BCUT2D eigenvalue weighted by atomic mass is 19.1. The monoisotopic (exact) mass is 363 g/mol. The molecule has 138 valence electrons. The molecule has 1 aliphatic rings. The van der Waals surface area contributed by atoms with Gasteiger partial charge in [0.1, 0.15) is 11.3 Å². The maximum Gasteiger partial charge on any atom is 0.228 e. The Balaban J connectivity index is 1.56. The van der Waals surface area contributed by atoms with E-state index in [1.807, 2.05) is 18.3 Å². The van der Waals surface area contributed by atoms with Crippen LogP contribution in [0, 0.1) is 17.7 Å². The van der Waals surface area contributed by atoms with Gasteiger partial charge in [0.2, 0.25) is 5.91 Å². The van der Waals surface area contributed by atoms with Crippen molar-refractivity contribution >= 4 is 22.5 Å². The number of carbonyl (C=O) groups is 1. The fourth-order valence-electron chi connectivity index (χ4n) is 4.03. The van der Waals surface area contributed by atoms with Crippen molar-refractivity contribution in [3.8, 4) is 0 Å². The molecular weight excluding hydrogens is 341 g/mol. The fraction of sp³-hybridized carbons (Fsp3) is 0.318. The summed E-state index contributed by atoms with van der Waals surface area (Å²) in [5, 5.41) is 3.68. The Morgan fingerprint density at radius 1 is 1.19 bits per heavy atom. The van der Waals surface area contributed by atoms with Gasteiger partial charge in [-0.25, -0.2) is 4.39 Å². The molecule has 0 bridgehead atoms. The molecule has 1 saturated carbocycles. The van der Waals surface area contributed by atoms with Gasteiger partial charge < -0.3 is 5.32 Å². The Morgan fingerprint density at radius 2 is 2.04 bits per heavy atom.